The van der Waals surface area contributed by atoms with Crippen LogP contribution in [0.3, 0.4) is 0 Å². The SMILES string of the molecule is CC(=O)C1C([O-])ON=[N+]1c1ccc(C)c(C)c1. The van der Waals surface area contributed by atoms with Crippen molar-refractivity contribution >= 4 is 11.5 Å². The minimum Gasteiger partial charge on any atom is -0.814 e. The number of benzene rings is 1. The van der Waals surface area contributed by atoms with Gasteiger partial charge in [0.2, 0.25) is 11.5 Å². The van der Waals surface area contributed by atoms with Crippen LogP contribution in [0.5, 0.6) is 0 Å². The molecule has 0 aliphatic carbocycles. The summed E-state index contributed by atoms with van der Waals surface area (Å²) in [6.45, 7) is 5.33. The smallest absolute Gasteiger partial charge is 0.269 e. The fourth-order valence-corrected chi connectivity index (χ4v) is 1.76. The molecular formula is C12H14N2O3. The fourth-order valence-electron chi connectivity index (χ4n) is 1.76. The van der Waals surface area contributed by atoms with E-state index in [1.54, 1.807) is 0 Å². The molecule has 1 aliphatic heterocycles. The Morgan fingerprint density at radius 3 is 2.71 bits per heavy atom. The molecule has 1 aliphatic rings. The second kappa shape index (κ2) is 4.25. The molecule has 2 unspecified atom stereocenters. The van der Waals surface area contributed by atoms with Gasteiger partial charge in [-0.3, -0.25) is 4.79 Å². The predicted molar refractivity (Wildman–Crippen MR) is 57.6 cm³/mol. The average Bonchev–Trinajstić information content (AvgIpc) is 2.64. The molecule has 1 heterocycles. The third kappa shape index (κ3) is 2.06. The largest absolute Gasteiger partial charge is 0.814 e. The molecule has 1 aromatic rings. The Morgan fingerprint density at radius 2 is 2.12 bits per heavy atom. The number of rotatable bonds is 2. The number of Topliss-reactive ketones (excluding diaryl/α,β-unsaturated/α-hetero) is 1. The Bertz CT molecular complexity index is 497. The van der Waals surface area contributed by atoms with Crippen molar-refractivity contribution < 1.29 is 19.4 Å². The van der Waals surface area contributed by atoms with E-state index < -0.39 is 12.3 Å². The molecule has 0 N–H and O–H groups in total. The van der Waals surface area contributed by atoms with Gasteiger partial charge in [0, 0.05) is 19.1 Å². The summed E-state index contributed by atoms with van der Waals surface area (Å²) in [5.41, 5.74) is 2.92. The Morgan fingerprint density at radius 1 is 1.41 bits per heavy atom. The molecule has 2 rings (SSSR count). The first kappa shape index (κ1) is 11.7. The van der Waals surface area contributed by atoms with Crippen LogP contribution in [0, 0.1) is 13.8 Å². The first-order valence-electron chi connectivity index (χ1n) is 5.40. The molecule has 17 heavy (non-hydrogen) atoms. The van der Waals surface area contributed by atoms with E-state index in [2.05, 4.69) is 10.1 Å². The number of ketones is 1. The first-order chi connectivity index (χ1) is 8.00. The average molecular weight is 234 g/mol. The van der Waals surface area contributed by atoms with Crippen molar-refractivity contribution in [3.05, 3.63) is 29.3 Å². The van der Waals surface area contributed by atoms with Crippen LogP contribution in [0.4, 0.5) is 5.69 Å². The lowest BCUT2D eigenvalue weighted by atomic mass is 10.1. The van der Waals surface area contributed by atoms with Crippen LogP contribution in [0.15, 0.2) is 23.5 Å². The zero-order valence-electron chi connectivity index (χ0n) is 10.0. The molecule has 0 aromatic heterocycles. The van der Waals surface area contributed by atoms with Crippen LogP contribution in [-0.2, 0) is 9.63 Å². The quantitative estimate of drug-likeness (QED) is 0.717. The third-order valence-electron chi connectivity index (χ3n) is 2.93. The van der Waals surface area contributed by atoms with Crippen molar-refractivity contribution in [2.24, 2.45) is 5.28 Å². The van der Waals surface area contributed by atoms with Gasteiger partial charge in [0.25, 0.3) is 6.04 Å². The van der Waals surface area contributed by atoms with E-state index in [9.17, 15) is 9.90 Å². The maximum atomic E-state index is 11.5. The standard InChI is InChI=1S/C12H14N2O3/c1-7-4-5-10(6-8(7)2)14-11(9(3)15)12(16)17-13-14/h4-6,11-12H,1-3H3. The van der Waals surface area contributed by atoms with Crippen molar-refractivity contribution in [2.75, 3.05) is 0 Å². The van der Waals surface area contributed by atoms with Crippen molar-refractivity contribution in [1.82, 2.24) is 0 Å². The van der Waals surface area contributed by atoms with E-state index in [0.717, 1.165) is 11.1 Å². The van der Waals surface area contributed by atoms with Crippen LogP contribution in [-0.4, -0.2) is 22.8 Å². The Hall–Kier alpha value is -1.75. The lowest BCUT2D eigenvalue weighted by Crippen LogP contribution is -2.44. The van der Waals surface area contributed by atoms with Gasteiger partial charge in [-0.05, 0) is 29.7 Å². The number of hydrogen-bond donors (Lipinski definition) is 0. The molecule has 90 valence electrons. The van der Waals surface area contributed by atoms with Crippen molar-refractivity contribution in [3.8, 4) is 0 Å². The molecule has 0 saturated carbocycles. The fraction of sp³-hybridized carbons (Fsp3) is 0.417. The molecule has 5 nitrogen and oxygen atoms in total. The van der Waals surface area contributed by atoms with Crippen LogP contribution >= 0.6 is 0 Å². The predicted octanol–water partition coefficient (Wildman–Crippen LogP) is 0.989. The summed E-state index contributed by atoms with van der Waals surface area (Å²) >= 11 is 0. The highest BCUT2D eigenvalue weighted by Crippen LogP contribution is 2.24. The van der Waals surface area contributed by atoms with E-state index in [0.29, 0.717) is 5.69 Å². The number of hydrogen-bond acceptors (Lipinski definition) is 4. The molecule has 0 bridgehead atoms. The maximum absolute atomic E-state index is 11.5. The van der Waals surface area contributed by atoms with E-state index in [1.165, 1.54) is 11.6 Å². The van der Waals surface area contributed by atoms with Gasteiger partial charge >= 0.3 is 0 Å². The Kier molecular flexibility index (Phi) is 2.93. The van der Waals surface area contributed by atoms with Crippen molar-refractivity contribution in [1.29, 1.82) is 0 Å². The summed E-state index contributed by atoms with van der Waals surface area (Å²) in [6.07, 6.45) is -1.45. The molecule has 0 saturated heterocycles. The number of nitrogens with zero attached hydrogens (tertiary/aromatic N) is 2. The zero-order valence-corrected chi connectivity index (χ0v) is 10.0. The van der Waals surface area contributed by atoms with E-state index in [-0.39, 0.29) is 5.78 Å². The summed E-state index contributed by atoms with van der Waals surface area (Å²) in [5, 5.41) is 15.1. The minimum absolute atomic E-state index is 0.246. The normalized spacial score (nSPS) is 23.2. The number of carbonyl (C=O) groups excluding carboxylic acids is 1. The van der Waals surface area contributed by atoms with Crippen molar-refractivity contribution in [2.45, 2.75) is 33.1 Å². The van der Waals surface area contributed by atoms with Gasteiger partial charge in [-0.1, -0.05) is 6.07 Å². The van der Waals surface area contributed by atoms with Gasteiger partial charge in [0.1, 0.15) is 6.29 Å². The molecule has 1 aromatic carbocycles. The first-order valence-corrected chi connectivity index (χ1v) is 5.40. The highest BCUT2D eigenvalue weighted by atomic mass is 16.7. The second-order valence-corrected chi connectivity index (χ2v) is 4.22. The van der Waals surface area contributed by atoms with Crippen LogP contribution in [0.1, 0.15) is 18.1 Å². The number of aryl methyl sites for hydroxylation is 2. The van der Waals surface area contributed by atoms with Gasteiger partial charge in [0.05, 0.1) is 0 Å². The molecule has 0 amide bonds. The Balaban J connectivity index is 2.39. The van der Waals surface area contributed by atoms with Gasteiger partial charge in [-0.15, -0.1) is 0 Å². The highest BCUT2D eigenvalue weighted by Gasteiger charge is 2.40. The topological polar surface area (TPSA) is 64.7 Å². The summed E-state index contributed by atoms with van der Waals surface area (Å²) in [7, 11) is 0. The molecule has 5 heteroatoms. The van der Waals surface area contributed by atoms with Gasteiger partial charge in [-0.25, -0.2) is 0 Å². The molecule has 0 radical (unpaired) electrons. The molecule has 0 spiro atoms. The van der Waals surface area contributed by atoms with E-state index in [1.807, 2.05) is 32.0 Å². The molecular weight excluding hydrogens is 220 g/mol. The minimum atomic E-state index is -1.45. The lowest BCUT2D eigenvalue weighted by Gasteiger charge is -2.13. The van der Waals surface area contributed by atoms with E-state index >= 15 is 0 Å². The number of carbonyl (C=O) groups is 1. The van der Waals surface area contributed by atoms with Gasteiger partial charge < -0.3 is 9.94 Å². The van der Waals surface area contributed by atoms with Crippen molar-refractivity contribution in [3.63, 3.8) is 0 Å². The zero-order chi connectivity index (χ0) is 12.6. The van der Waals surface area contributed by atoms with Crippen LogP contribution in [0.2, 0.25) is 0 Å². The van der Waals surface area contributed by atoms with E-state index in [4.69, 9.17) is 0 Å². The van der Waals surface area contributed by atoms with Crippen LogP contribution in [0.25, 0.3) is 0 Å². The van der Waals surface area contributed by atoms with Gasteiger partial charge in [0.15, 0.2) is 5.28 Å². The van der Waals surface area contributed by atoms with Crippen LogP contribution < -0.4 is 5.11 Å². The summed E-state index contributed by atoms with van der Waals surface area (Å²) in [5.74, 6) is -0.246. The summed E-state index contributed by atoms with van der Waals surface area (Å²) in [6, 6.07) is 4.76. The molecule has 2 atom stereocenters. The highest BCUT2D eigenvalue weighted by molar-refractivity contribution is 5.80. The summed E-state index contributed by atoms with van der Waals surface area (Å²) in [4.78, 5) is 16.0. The van der Waals surface area contributed by atoms with Gasteiger partial charge in [-0.2, -0.15) is 0 Å². The maximum Gasteiger partial charge on any atom is 0.269 e. The monoisotopic (exact) mass is 234 g/mol. The second-order valence-electron chi connectivity index (χ2n) is 4.22. The third-order valence-corrected chi connectivity index (χ3v) is 2.93. The summed E-state index contributed by atoms with van der Waals surface area (Å²) < 4.78 is 1.35. The Labute approximate surface area is 99.3 Å². The molecule has 0 fully saturated rings. The lowest BCUT2D eigenvalue weighted by molar-refractivity contribution is -0.561.